The predicted octanol–water partition coefficient (Wildman–Crippen LogP) is 3.21. The highest BCUT2D eigenvalue weighted by atomic mass is 16.5. The molecule has 0 spiro atoms. The average Bonchev–Trinajstić information content (AvgIpc) is 2.34. The van der Waals surface area contributed by atoms with Gasteiger partial charge >= 0.3 is 5.97 Å². The number of aryl methyl sites for hydroxylation is 1. The first-order chi connectivity index (χ1) is 8.54. The minimum Gasteiger partial charge on any atom is -0.492 e. The Bertz CT molecular complexity index is 385. The summed E-state index contributed by atoms with van der Waals surface area (Å²) in [5, 5.41) is 0. The van der Waals surface area contributed by atoms with Crippen molar-refractivity contribution in [2.75, 3.05) is 13.7 Å². The Morgan fingerprint density at radius 3 is 2.50 bits per heavy atom. The van der Waals surface area contributed by atoms with Crippen molar-refractivity contribution in [1.29, 1.82) is 0 Å². The number of rotatable bonds is 6. The number of carbonyl (C=O) groups is 1. The predicted molar refractivity (Wildman–Crippen MR) is 71.6 cm³/mol. The van der Waals surface area contributed by atoms with Crippen LogP contribution in [0.2, 0.25) is 0 Å². The molecule has 0 heterocycles. The molecule has 0 N–H and O–H groups in total. The first-order valence-electron chi connectivity index (χ1n) is 6.30. The fraction of sp³-hybridized carbons (Fsp3) is 0.533. The summed E-state index contributed by atoms with van der Waals surface area (Å²) in [6.45, 7) is 6.54. The van der Waals surface area contributed by atoms with Crippen LogP contribution in [0, 0.1) is 18.8 Å². The lowest BCUT2D eigenvalue weighted by Gasteiger charge is -2.18. The zero-order valence-electron chi connectivity index (χ0n) is 11.6. The highest BCUT2D eigenvalue weighted by Crippen LogP contribution is 2.19. The Labute approximate surface area is 109 Å². The van der Waals surface area contributed by atoms with Gasteiger partial charge in [0.15, 0.2) is 0 Å². The molecule has 18 heavy (non-hydrogen) atoms. The molecule has 0 aromatic heterocycles. The second kappa shape index (κ2) is 7.04. The molecule has 0 amide bonds. The molecule has 0 aliphatic rings. The van der Waals surface area contributed by atoms with Gasteiger partial charge < -0.3 is 9.47 Å². The van der Waals surface area contributed by atoms with Crippen LogP contribution >= 0.6 is 0 Å². The standard InChI is InChI=1S/C15H22O3/c1-11(2)9-13(15(16)17-4)10-18-14-8-6-5-7-12(14)3/h5-8,11,13H,9-10H2,1-4H3. The van der Waals surface area contributed by atoms with Crippen LogP contribution < -0.4 is 4.74 Å². The average molecular weight is 250 g/mol. The van der Waals surface area contributed by atoms with E-state index >= 15 is 0 Å². The fourth-order valence-corrected chi connectivity index (χ4v) is 1.88. The van der Waals surface area contributed by atoms with Gasteiger partial charge in [-0.05, 0) is 30.9 Å². The second-order valence-electron chi connectivity index (χ2n) is 4.93. The van der Waals surface area contributed by atoms with Gasteiger partial charge in [0.2, 0.25) is 0 Å². The number of hydrogen-bond acceptors (Lipinski definition) is 3. The minimum atomic E-state index is -0.199. The third-order valence-corrected chi connectivity index (χ3v) is 2.82. The van der Waals surface area contributed by atoms with Crippen LogP contribution in [0.25, 0.3) is 0 Å². The number of para-hydroxylation sites is 1. The van der Waals surface area contributed by atoms with E-state index in [0.717, 1.165) is 17.7 Å². The van der Waals surface area contributed by atoms with E-state index in [1.807, 2.05) is 31.2 Å². The summed E-state index contributed by atoms with van der Waals surface area (Å²) in [5.41, 5.74) is 1.07. The third-order valence-electron chi connectivity index (χ3n) is 2.82. The number of carbonyl (C=O) groups excluding carboxylic acids is 1. The maximum absolute atomic E-state index is 11.7. The van der Waals surface area contributed by atoms with Crippen LogP contribution in [0.1, 0.15) is 25.8 Å². The van der Waals surface area contributed by atoms with Crippen molar-refractivity contribution in [2.45, 2.75) is 27.2 Å². The van der Waals surface area contributed by atoms with E-state index in [1.165, 1.54) is 7.11 Å². The fourth-order valence-electron chi connectivity index (χ4n) is 1.88. The summed E-state index contributed by atoms with van der Waals surface area (Å²) in [6.07, 6.45) is 0.776. The number of benzene rings is 1. The smallest absolute Gasteiger partial charge is 0.312 e. The van der Waals surface area contributed by atoms with Gasteiger partial charge in [-0.2, -0.15) is 0 Å². The highest BCUT2D eigenvalue weighted by molar-refractivity contribution is 5.72. The molecule has 100 valence electrons. The Kier molecular flexibility index (Phi) is 5.69. The van der Waals surface area contributed by atoms with Gasteiger partial charge in [-0.25, -0.2) is 0 Å². The molecule has 1 aromatic carbocycles. The lowest BCUT2D eigenvalue weighted by atomic mass is 9.98. The van der Waals surface area contributed by atoms with Crippen LogP contribution in [0.5, 0.6) is 5.75 Å². The normalized spacial score (nSPS) is 12.3. The third kappa shape index (κ3) is 4.40. The van der Waals surface area contributed by atoms with Crippen LogP contribution in [0.3, 0.4) is 0 Å². The molecule has 1 unspecified atom stereocenters. The minimum absolute atomic E-state index is 0.197. The van der Waals surface area contributed by atoms with E-state index in [-0.39, 0.29) is 11.9 Å². The molecule has 0 bridgehead atoms. The molecule has 3 nitrogen and oxygen atoms in total. The van der Waals surface area contributed by atoms with Gasteiger partial charge in [0.05, 0.1) is 13.0 Å². The van der Waals surface area contributed by atoms with E-state index in [0.29, 0.717) is 12.5 Å². The lowest BCUT2D eigenvalue weighted by Crippen LogP contribution is -2.25. The molecular weight excluding hydrogens is 228 g/mol. The molecule has 1 aromatic rings. The van der Waals surface area contributed by atoms with Crippen molar-refractivity contribution in [2.24, 2.45) is 11.8 Å². The summed E-state index contributed by atoms with van der Waals surface area (Å²) in [4.78, 5) is 11.7. The van der Waals surface area contributed by atoms with Gasteiger partial charge in [0.1, 0.15) is 12.4 Å². The second-order valence-corrected chi connectivity index (χ2v) is 4.93. The first kappa shape index (κ1) is 14.6. The first-order valence-corrected chi connectivity index (χ1v) is 6.30. The number of hydrogen-bond donors (Lipinski definition) is 0. The SMILES string of the molecule is COC(=O)C(COc1ccccc1C)CC(C)C. The zero-order valence-corrected chi connectivity index (χ0v) is 11.6. The van der Waals surface area contributed by atoms with Crippen LogP contribution in [-0.4, -0.2) is 19.7 Å². The van der Waals surface area contributed by atoms with E-state index < -0.39 is 0 Å². The van der Waals surface area contributed by atoms with Crippen molar-refractivity contribution >= 4 is 5.97 Å². The zero-order chi connectivity index (χ0) is 13.5. The summed E-state index contributed by atoms with van der Waals surface area (Å²) in [6, 6.07) is 7.80. The Hall–Kier alpha value is -1.51. The molecule has 0 aliphatic heterocycles. The topological polar surface area (TPSA) is 35.5 Å². The molecule has 0 aliphatic carbocycles. The van der Waals surface area contributed by atoms with Crippen molar-refractivity contribution in [3.8, 4) is 5.75 Å². The highest BCUT2D eigenvalue weighted by Gasteiger charge is 2.21. The summed E-state index contributed by atoms with van der Waals surface area (Å²) in [7, 11) is 1.42. The molecule has 0 radical (unpaired) electrons. The quantitative estimate of drug-likeness (QED) is 0.727. The molecule has 1 rings (SSSR count). The van der Waals surface area contributed by atoms with E-state index in [4.69, 9.17) is 9.47 Å². The lowest BCUT2D eigenvalue weighted by molar-refractivity contribution is -0.147. The Morgan fingerprint density at radius 2 is 1.94 bits per heavy atom. The van der Waals surface area contributed by atoms with Gasteiger partial charge in [-0.15, -0.1) is 0 Å². The number of esters is 1. The van der Waals surface area contributed by atoms with Gasteiger partial charge in [-0.1, -0.05) is 32.0 Å². The van der Waals surface area contributed by atoms with Gasteiger partial charge in [-0.3, -0.25) is 4.79 Å². The van der Waals surface area contributed by atoms with Crippen molar-refractivity contribution in [3.63, 3.8) is 0 Å². The molecule has 0 saturated heterocycles. The maximum Gasteiger partial charge on any atom is 0.312 e. The van der Waals surface area contributed by atoms with Crippen LogP contribution in [0.15, 0.2) is 24.3 Å². The summed E-state index contributed by atoms with van der Waals surface area (Å²) >= 11 is 0. The molecular formula is C15H22O3. The van der Waals surface area contributed by atoms with Crippen molar-refractivity contribution in [1.82, 2.24) is 0 Å². The van der Waals surface area contributed by atoms with Gasteiger partial charge in [0.25, 0.3) is 0 Å². The van der Waals surface area contributed by atoms with Crippen LogP contribution in [0.4, 0.5) is 0 Å². The van der Waals surface area contributed by atoms with Gasteiger partial charge in [0, 0.05) is 0 Å². The molecule has 0 saturated carbocycles. The maximum atomic E-state index is 11.7. The number of ether oxygens (including phenoxy) is 2. The molecule has 0 fully saturated rings. The van der Waals surface area contributed by atoms with Crippen molar-refractivity contribution in [3.05, 3.63) is 29.8 Å². The number of methoxy groups -OCH3 is 1. The summed E-state index contributed by atoms with van der Waals surface area (Å²) in [5.74, 6) is 0.872. The van der Waals surface area contributed by atoms with E-state index in [9.17, 15) is 4.79 Å². The summed E-state index contributed by atoms with van der Waals surface area (Å²) < 4.78 is 10.5. The van der Waals surface area contributed by atoms with Crippen molar-refractivity contribution < 1.29 is 14.3 Å². The molecule has 1 atom stereocenters. The van der Waals surface area contributed by atoms with E-state index in [2.05, 4.69) is 13.8 Å². The Balaban J connectivity index is 2.62. The van der Waals surface area contributed by atoms with E-state index in [1.54, 1.807) is 0 Å². The Morgan fingerprint density at radius 1 is 1.28 bits per heavy atom. The molecule has 3 heteroatoms. The monoisotopic (exact) mass is 250 g/mol. The van der Waals surface area contributed by atoms with Crippen LogP contribution in [-0.2, 0) is 9.53 Å². The largest absolute Gasteiger partial charge is 0.492 e.